The number of para-hydroxylation sites is 1. The van der Waals surface area contributed by atoms with Gasteiger partial charge in [0.1, 0.15) is 11.5 Å². The van der Waals surface area contributed by atoms with Crippen molar-refractivity contribution in [2.45, 2.75) is 13.8 Å². The molecule has 0 aliphatic carbocycles. The van der Waals surface area contributed by atoms with Crippen LogP contribution in [0.1, 0.15) is 28.5 Å². The second-order valence-corrected chi connectivity index (χ2v) is 5.21. The molecule has 3 rings (SSSR count). The Morgan fingerprint density at radius 1 is 1.13 bits per heavy atom. The molecular weight excluding hydrogens is 288 g/mol. The van der Waals surface area contributed by atoms with E-state index in [4.69, 9.17) is 10.00 Å². The number of fused-ring (bicyclic) bond motifs is 1. The molecule has 0 bridgehead atoms. The number of nitrogens with zero attached hydrogens (tertiary/aromatic N) is 2. The van der Waals surface area contributed by atoms with E-state index in [1.54, 1.807) is 31.2 Å². The molecule has 112 valence electrons. The smallest absolute Gasteiger partial charge is 0.165 e. The van der Waals surface area contributed by atoms with E-state index in [0.717, 1.165) is 10.9 Å². The molecule has 0 unspecified atom stereocenters. The van der Waals surface area contributed by atoms with E-state index in [2.05, 4.69) is 11.1 Å². The summed E-state index contributed by atoms with van der Waals surface area (Å²) in [7, 11) is 0. The zero-order valence-electron chi connectivity index (χ0n) is 12.8. The highest BCUT2D eigenvalue weighted by molar-refractivity contribution is 6.03. The lowest BCUT2D eigenvalue weighted by molar-refractivity contribution is 0.101. The molecule has 1 aromatic heterocycles. The largest absolute Gasteiger partial charge is 0.456 e. The maximum absolute atomic E-state index is 12.1. The normalized spacial score (nSPS) is 10.3. The van der Waals surface area contributed by atoms with Gasteiger partial charge < -0.3 is 4.74 Å². The van der Waals surface area contributed by atoms with Gasteiger partial charge in [0.25, 0.3) is 0 Å². The number of pyridine rings is 1. The Kier molecular flexibility index (Phi) is 3.78. The van der Waals surface area contributed by atoms with Gasteiger partial charge in [-0.2, -0.15) is 5.26 Å². The van der Waals surface area contributed by atoms with Crippen molar-refractivity contribution in [2.75, 3.05) is 0 Å². The molecule has 0 atom stereocenters. The molecule has 0 N–H and O–H groups in total. The van der Waals surface area contributed by atoms with Gasteiger partial charge in [-0.25, -0.2) is 0 Å². The molecule has 0 saturated carbocycles. The maximum Gasteiger partial charge on any atom is 0.165 e. The number of aromatic nitrogens is 1. The Labute approximate surface area is 134 Å². The number of carbonyl (C=O) groups excluding carboxylic acids is 1. The highest BCUT2D eigenvalue weighted by Crippen LogP contribution is 2.34. The minimum atomic E-state index is -0.0931. The van der Waals surface area contributed by atoms with Gasteiger partial charge in [-0.1, -0.05) is 12.1 Å². The molecule has 23 heavy (non-hydrogen) atoms. The lowest BCUT2D eigenvalue weighted by Crippen LogP contribution is -2.03. The van der Waals surface area contributed by atoms with Gasteiger partial charge in [-0.3, -0.25) is 9.78 Å². The van der Waals surface area contributed by atoms with Crippen LogP contribution in [0, 0.1) is 18.3 Å². The summed E-state index contributed by atoms with van der Waals surface area (Å²) in [5.74, 6) is 0.983. The van der Waals surface area contributed by atoms with E-state index in [-0.39, 0.29) is 5.78 Å². The van der Waals surface area contributed by atoms with Crippen molar-refractivity contribution in [2.24, 2.45) is 0 Å². The number of hydrogen-bond donors (Lipinski definition) is 0. The third-order valence-corrected chi connectivity index (χ3v) is 3.58. The average molecular weight is 302 g/mol. The van der Waals surface area contributed by atoms with Crippen LogP contribution < -0.4 is 4.74 Å². The SMILES string of the molecule is CC(=O)c1c(C)nc2ccccc2c1Oc1ccc(C#N)cc1. The molecule has 2 aromatic carbocycles. The standard InChI is InChI=1S/C19H14N2O2/c1-12-18(13(2)22)19(16-5-3-4-6-17(16)21-12)23-15-9-7-14(11-20)8-10-15/h3-10H,1-2H3. The first-order chi connectivity index (χ1) is 11.1. The van der Waals surface area contributed by atoms with Crippen molar-refractivity contribution in [3.05, 3.63) is 65.4 Å². The fraction of sp³-hybridized carbons (Fsp3) is 0.105. The van der Waals surface area contributed by atoms with E-state index < -0.39 is 0 Å². The first-order valence-electron chi connectivity index (χ1n) is 7.18. The topological polar surface area (TPSA) is 63.0 Å². The number of ether oxygens (including phenoxy) is 1. The van der Waals surface area contributed by atoms with Crippen LogP contribution in [0.3, 0.4) is 0 Å². The summed E-state index contributed by atoms with van der Waals surface area (Å²) in [5.41, 5.74) is 2.45. The average Bonchev–Trinajstić information content (AvgIpc) is 2.55. The van der Waals surface area contributed by atoms with Crippen LogP contribution in [0.4, 0.5) is 0 Å². The number of aryl methyl sites for hydroxylation is 1. The Bertz CT molecular complexity index is 938. The number of nitriles is 1. The number of ketones is 1. The van der Waals surface area contributed by atoms with Crippen LogP contribution in [0.25, 0.3) is 10.9 Å². The summed E-state index contributed by atoms with van der Waals surface area (Å²) in [5, 5.41) is 9.65. The predicted molar refractivity (Wildman–Crippen MR) is 87.7 cm³/mol. The van der Waals surface area contributed by atoms with E-state index in [1.807, 2.05) is 24.3 Å². The third-order valence-electron chi connectivity index (χ3n) is 3.58. The Balaban J connectivity index is 2.19. The van der Waals surface area contributed by atoms with Gasteiger partial charge in [0.15, 0.2) is 5.78 Å². The molecular formula is C19H14N2O2. The molecule has 0 aliphatic heterocycles. The highest BCUT2D eigenvalue weighted by Gasteiger charge is 2.18. The van der Waals surface area contributed by atoms with Gasteiger partial charge in [-0.15, -0.1) is 0 Å². The van der Waals surface area contributed by atoms with Crippen molar-refractivity contribution < 1.29 is 9.53 Å². The van der Waals surface area contributed by atoms with Crippen LogP contribution in [0.15, 0.2) is 48.5 Å². The molecule has 0 saturated heterocycles. The van der Waals surface area contributed by atoms with Crippen LogP contribution >= 0.6 is 0 Å². The van der Waals surface area contributed by atoms with Crippen molar-refractivity contribution in [1.82, 2.24) is 4.98 Å². The Hall–Kier alpha value is -3.19. The van der Waals surface area contributed by atoms with Gasteiger partial charge in [0.2, 0.25) is 0 Å². The summed E-state index contributed by atoms with van der Waals surface area (Å²) in [6.07, 6.45) is 0. The van der Waals surface area contributed by atoms with E-state index in [0.29, 0.717) is 28.3 Å². The minimum absolute atomic E-state index is 0.0931. The van der Waals surface area contributed by atoms with E-state index >= 15 is 0 Å². The van der Waals surface area contributed by atoms with Crippen molar-refractivity contribution >= 4 is 16.7 Å². The minimum Gasteiger partial charge on any atom is -0.456 e. The Morgan fingerprint density at radius 3 is 2.48 bits per heavy atom. The lowest BCUT2D eigenvalue weighted by Gasteiger charge is -2.14. The zero-order chi connectivity index (χ0) is 16.4. The third kappa shape index (κ3) is 2.77. The van der Waals surface area contributed by atoms with Crippen LogP contribution in [-0.2, 0) is 0 Å². The van der Waals surface area contributed by atoms with E-state index in [1.165, 1.54) is 6.92 Å². The van der Waals surface area contributed by atoms with Gasteiger partial charge in [0, 0.05) is 5.39 Å². The van der Waals surface area contributed by atoms with Gasteiger partial charge >= 0.3 is 0 Å². The fourth-order valence-electron chi connectivity index (χ4n) is 2.53. The fourth-order valence-corrected chi connectivity index (χ4v) is 2.53. The first-order valence-corrected chi connectivity index (χ1v) is 7.18. The van der Waals surface area contributed by atoms with Crippen molar-refractivity contribution in [1.29, 1.82) is 5.26 Å². The number of benzene rings is 2. The summed E-state index contributed by atoms with van der Waals surface area (Å²) < 4.78 is 5.99. The van der Waals surface area contributed by atoms with Crippen molar-refractivity contribution in [3.8, 4) is 17.6 Å². The van der Waals surface area contributed by atoms with Crippen LogP contribution in [0.2, 0.25) is 0 Å². The summed E-state index contributed by atoms with van der Waals surface area (Å²) in [4.78, 5) is 16.5. The molecule has 3 aromatic rings. The monoisotopic (exact) mass is 302 g/mol. The molecule has 0 fully saturated rings. The van der Waals surface area contributed by atoms with Gasteiger partial charge in [-0.05, 0) is 50.2 Å². The van der Waals surface area contributed by atoms with Crippen LogP contribution in [-0.4, -0.2) is 10.8 Å². The lowest BCUT2D eigenvalue weighted by atomic mass is 10.0. The van der Waals surface area contributed by atoms with E-state index in [9.17, 15) is 4.79 Å². The van der Waals surface area contributed by atoms with Crippen LogP contribution in [0.5, 0.6) is 11.5 Å². The molecule has 1 heterocycles. The Morgan fingerprint density at radius 2 is 1.83 bits per heavy atom. The number of carbonyl (C=O) groups is 1. The second kappa shape index (κ2) is 5.90. The molecule has 0 amide bonds. The molecule has 4 nitrogen and oxygen atoms in total. The summed E-state index contributed by atoms with van der Waals surface area (Å²) in [6, 6.07) is 16.4. The van der Waals surface area contributed by atoms with Crippen molar-refractivity contribution in [3.63, 3.8) is 0 Å². The van der Waals surface area contributed by atoms with Gasteiger partial charge in [0.05, 0.1) is 28.4 Å². The zero-order valence-corrected chi connectivity index (χ0v) is 12.8. The quantitative estimate of drug-likeness (QED) is 0.672. The maximum atomic E-state index is 12.1. The summed E-state index contributed by atoms with van der Waals surface area (Å²) >= 11 is 0. The molecule has 0 aliphatic rings. The number of Topliss-reactive ketones (excluding diaryl/α,β-unsaturated/α-hetero) is 1. The molecule has 4 heteroatoms. The molecule has 0 radical (unpaired) electrons. The number of rotatable bonds is 3. The highest BCUT2D eigenvalue weighted by atomic mass is 16.5. The first kappa shape index (κ1) is 14.7. The molecule has 0 spiro atoms. The number of hydrogen-bond acceptors (Lipinski definition) is 4. The summed E-state index contributed by atoms with van der Waals surface area (Å²) in [6.45, 7) is 3.30. The second-order valence-electron chi connectivity index (χ2n) is 5.21. The predicted octanol–water partition coefficient (Wildman–Crippen LogP) is 4.41.